The summed E-state index contributed by atoms with van der Waals surface area (Å²) in [6.07, 6.45) is 0. The quantitative estimate of drug-likeness (QED) is 0.795. The molecule has 68 valence electrons. The highest BCUT2D eigenvalue weighted by molar-refractivity contribution is 7.14. The zero-order valence-corrected chi connectivity index (χ0v) is 8.54. The first kappa shape index (κ1) is 9.77. The lowest BCUT2D eigenvalue weighted by Crippen LogP contribution is -2.34. The summed E-state index contributed by atoms with van der Waals surface area (Å²) in [5, 5.41) is 15.0. The van der Waals surface area contributed by atoms with Crippen molar-refractivity contribution in [1.82, 2.24) is 4.98 Å². The molecule has 1 heterocycles. The highest BCUT2D eigenvalue weighted by Gasteiger charge is 2.16. The Morgan fingerprint density at radius 3 is 2.83 bits per heavy atom. The predicted molar refractivity (Wildman–Crippen MR) is 51.9 cm³/mol. The van der Waals surface area contributed by atoms with E-state index in [4.69, 9.17) is 16.7 Å². The third kappa shape index (κ3) is 2.62. The minimum Gasteiger partial charge on any atom is -0.394 e. The highest BCUT2D eigenvalue weighted by Crippen LogP contribution is 2.22. The molecular weight excluding hydrogens is 196 g/mol. The minimum absolute atomic E-state index is 0.0597. The van der Waals surface area contributed by atoms with E-state index in [1.807, 2.05) is 13.8 Å². The number of aliphatic hydroxyl groups is 1. The van der Waals surface area contributed by atoms with Crippen molar-refractivity contribution >= 4 is 28.1 Å². The van der Waals surface area contributed by atoms with E-state index in [-0.39, 0.29) is 12.1 Å². The van der Waals surface area contributed by atoms with Crippen molar-refractivity contribution in [3.63, 3.8) is 0 Å². The Hall–Kier alpha value is -0.320. The lowest BCUT2D eigenvalue weighted by molar-refractivity contribution is 0.234. The van der Waals surface area contributed by atoms with Gasteiger partial charge in [0, 0.05) is 5.38 Å². The van der Waals surface area contributed by atoms with E-state index < -0.39 is 0 Å². The number of rotatable bonds is 3. The first-order chi connectivity index (χ1) is 5.53. The van der Waals surface area contributed by atoms with Crippen LogP contribution in [0, 0.1) is 0 Å². The van der Waals surface area contributed by atoms with Crippen LogP contribution in [0.3, 0.4) is 0 Å². The summed E-state index contributed by atoms with van der Waals surface area (Å²) < 4.78 is 0. The highest BCUT2D eigenvalue weighted by atomic mass is 35.5. The molecule has 0 aliphatic heterocycles. The first-order valence-corrected chi connectivity index (χ1v) is 4.79. The molecule has 1 rings (SSSR count). The number of aliphatic hydroxyl groups excluding tert-OH is 1. The maximum Gasteiger partial charge on any atom is 0.184 e. The molecule has 0 bridgehead atoms. The molecule has 0 fully saturated rings. The SMILES string of the molecule is CC(C)(CO)Nc1nc(Cl)cs1. The summed E-state index contributed by atoms with van der Waals surface area (Å²) in [6, 6.07) is 0. The smallest absolute Gasteiger partial charge is 0.184 e. The van der Waals surface area contributed by atoms with Gasteiger partial charge in [0.1, 0.15) is 5.15 Å². The van der Waals surface area contributed by atoms with Gasteiger partial charge in [-0.2, -0.15) is 0 Å². The predicted octanol–water partition coefficient (Wildman–Crippen LogP) is 1.98. The fourth-order valence-electron chi connectivity index (χ4n) is 0.641. The molecule has 12 heavy (non-hydrogen) atoms. The number of anilines is 1. The lowest BCUT2D eigenvalue weighted by atomic mass is 10.1. The summed E-state index contributed by atoms with van der Waals surface area (Å²) in [4.78, 5) is 4.01. The van der Waals surface area contributed by atoms with Crippen LogP contribution in [0.25, 0.3) is 0 Å². The van der Waals surface area contributed by atoms with Gasteiger partial charge in [0.15, 0.2) is 5.13 Å². The van der Waals surface area contributed by atoms with E-state index in [9.17, 15) is 0 Å². The average molecular weight is 207 g/mol. The fraction of sp³-hybridized carbons (Fsp3) is 0.571. The van der Waals surface area contributed by atoms with Gasteiger partial charge in [-0.05, 0) is 13.8 Å². The van der Waals surface area contributed by atoms with Crippen LogP contribution in [-0.4, -0.2) is 22.2 Å². The van der Waals surface area contributed by atoms with E-state index >= 15 is 0 Å². The number of hydrogen-bond donors (Lipinski definition) is 2. The number of hydrogen-bond acceptors (Lipinski definition) is 4. The monoisotopic (exact) mass is 206 g/mol. The molecule has 5 heteroatoms. The van der Waals surface area contributed by atoms with Crippen molar-refractivity contribution in [3.05, 3.63) is 10.5 Å². The van der Waals surface area contributed by atoms with Crippen LogP contribution in [0.1, 0.15) is 13.8 Å². The molecule has 2 N–H and O–H groups in total. The van der Waals surface area contributed by atoms with Crippen LogP contribution in [-0.2, 0) is 0 Å². The molecule has 0 unspecified atom stereocenters. The molecule has 0 atom stereocenters. The van der Waals surface area contributed by atoms with E-state index in [1.165, 1.54) is 11.3 Å². The average Bonchev–Trinajstić information content (AvgIpc) is 2.35. The molecule has 0 aliphatic rings. The van der Waals surface area contributed by atoms with Crippen LogP contribution in [0.2, 0.25) is 5.15 Å². The summed E-state index contributed by atoms with van der Waals surface area (Å²) in [7, 11) is 0. The molecule has 0 saturated heterocycles. The second-order valence-corrected chi connectivity index (χ2v) is 4.39. The number of nitrogens with one attached hydrogen (secondary N) is 1. The van der Waals surface area contributed by atoms with Gasteiger partial charge in [0.2, 0.25) is 0 Å². The van der Waals surface area contributed by atoms with Crippen LogP contribution in [0.4, 0.5) is 5.13 Å². The third-order valence-electron chi connectivity index (χ3n) is 1.32. The molecule has 0 aliphatic carbocycles. The van der Waals surface area contributed by atoms with Crippen LogP contribution < -0.4 is 5.32 Å². The molecule has 0 saturated carbocycles. The van der Waals surface area contributed by atoms with Crippen LogP contribution in [0.5, 0.6) is 0 Å². The zero-order valence-electron chi connectivity index (χ0n) is 6.97. The van der Waals surface area contributed by atoms with Gasteiger partial charge in [-0.15, -0.1) is 11.3 Å². The number of nitrogens with zero attached hydrogens (tertiary/aromatic N) is 1. The lowest BCUT2D eigenvalue weighted by Gasteiger charge is -2.22. The Labute approximate surface area is 80.4 Å². The van der Waals surface area contributed by atoms with Gasteiger partial charge in [-0.25, -0.2) is 4.98 Å². The van der Waals surface area contributed by atoms with E-state index in [0.29, 0.717) is 5.15 Å². The molecular formula is C7H11ClN2OS. The van der Waals surface area contributed by atoms with Crippen molar-refractivity contribution in [2.45, 2.75) is 19.4 Å². The number of aromatic nitrogens is 1. The molecule has 0 spiro atoms. The Morgan fingerprint density at radius 1 is 1.75 bits per heavy atom. The zero-order chi connectivity index (χ0) is 9.19. The van der Waals surface area contributed by atoms with Crippen molar-refractivity contribution in [3.8, 4) is 0 Å². The molecule has 0 radical (unpaired) electrons. The Balaban J connectivity index is 2.63. The normalized spacial score (nSPS) is 11.7. The van der Waals surface area contributed by atoms with Gasteiger partial charge in [0.25, 0.3) is 0 Å². The van der Waals surface area contributed by atoms with Gasteiger partial charge in [-0.3, -0.25) is 0 Å². The van der Waals surface area contributed by atoms with Gasteiger partial charge in [-0.1, -0.05) is 11.6 Å². The maximum atomic E-state index is 8.94. The Bertz CT molecular complexity index is 262. The van der Waals surface area contributed by atoms with Gasteiger partial charge >= 0.3 is 0 Å². The summed E-state index contributed by atoms with van der Waals surface area (Å²) in [5.74, 6) is 0. The third-order valence-corrected chi connectivity index (χ3v) is 2.40. The second-order valence-electron chi connectivity index (χ2n) is 3.14. The van der Waals surface area contributed by atoms with E-state index in [2.05, 4.69) is 10.3 Å². The molecule has 0 amide bonds. The molecule has 1 aromatic rings. The van der Waals surface area contributed by atoms with Crippen molar-refractivity contribution in [1.29, 1.82) is 0 Å². The summed E-state index contributed by atoms with van der Waals surface area (Å²) >= 11 is 7.06. The van der Waals surface area contributed by atoms with Crippen molar-refractivity contribution < 1.29 is 5.11 Å². The van der Waals surface area contributed by atoms with Crippen LogP contribution >= 0.6 is 22.9 Å². The first-order valence-electron chi connectivity index (χ1n) is 3.53. The number of thiazole rings is 1. The molecule has 3 nitrogen and oxygen atoms in total. The summed E-state index contributed by atoms with van der Waals surface area (Å²) in [5.41, 5.74) is -0.346. The Kier molecular flexibility index (Phi) is 2.93. The minimum atomic E-state index is -0.346. The molecule has 0 aromatic carbocycles. The van der Waals surface area contributed by atoms with E-state index in [1.54, 1.807) is 5.38 Å². The van der Waals surface area contributed by atoms with Gasteiger partial charge in [0.05, 0.1) is 12.1 Å². The second kappa shape index (κ2) is 3.60. The number of halogens is 1. The Morgan fingerprint density at radius 2 is 2.42 bits per heavy atom. The van der Waals surface area contributed by atoms with E-state index in [0.717, 1.165) is 5.13 Å². The van der Waals surface area contributed by atoms with Crippen LogP contribution in [0.15, 0.2) is 5.38 Å². The fourth-order valence-corrected chi connectivity index (χ4v) is 1.66. The standard InChI is InChI=1S/C7H11ClN2OS/c1-7(2,4-11)10-6-9-5(8)3-12-6/h3,11H,4H2,1-2H3,(H,9,10). The van der Waals surface area contributed by atoms with Crippen molar-refractivity contribution in [2.24, 2.45) is 0 Å². The molecule has 1 aromatic heterocycles. The van der Waals surface area contributed by atoms with Crippen molar-refractivity contribution in [2.75, 3.05) is 11.9 Å². The topological polar surface area (TPSA) is 45.1 Å². The van der Waals surface area contributed by atoms with Gasteiger partial charge < -0.3 is 10.4 Å². The summed E-state index contributed by atoms with van der Waals surface area (Å²) in [6.45, 7) is 3.84. The largest absolute Gasteiger partial charge is 0.394 e. The maximum absolute atomic E-state index is 8.94.